The molecule has 3 N–H and O–H groups in total. The molecule has 1 aliphatic heterocycles. The molecule has 4 atom stereocenters. The van der Waals surface area contributed by atoms with Gasteiger partial charge in [0.2, 0.25) is 5.91 Å². The third kappa shape index (κ3) is 3.45. The number of fused-ring (bicyclic) bond motifs is 1. The molecule has 7 heteroatoms. The number of imidazole rings is 1. The fourth-order valence-corrected chi connectivity index (χ4v) is 3.93. The van der Waals surface area contributed by atoms with Gasteiger partial charge in [-0.3, -0.25) is 9.59 Å². The molecule has 0 aromatic carbocycles. The third-order valence-corrected chi connectivity index (χ3v) is 5.17. The third-order valence-electron chi connectivity index (χ3n) is 5.17. The van der Waals surface area contributed by atoms with Crippen LogP contribution in [-0.4, -0.2) is 45.2 Å². The Hall–Kier alpha value is -1.89. The molecule has 2 amide bonds. The zero-order valence-corrected chi connectivity index (χ0v) is 14.3. The summed E-state index contributed by atoms with van der Waals surface area (Å²) in [7, 11) is 0. The van der Waals surface area contributed by atoms with E-state index in [0.717, 1.165) is 25.2 Å². The van der Waals surface area contributed by atoms with Crippen molar-refractivity contribution in [3.05, 3.63) is 17.7 Å². The number of hydrogen-bond acceptors (Lipinski definition) is 4. The highest BCUT2D eigenvalue weighted by Crippen LogP contribution is 2.27. The van der Waals surface area contributed by atoms with Crippen molar-refractivity contribution in [3.63, 3.8) is 0 Å². The van der Waals surface area contributed by atoms with Crippen molar-refractivity contribution in [2.45, 2.75) is 64.1 Å². The van der Waals surface area contributed by atoms with Crippen LogP contribution in [0.2, 0.25) is 0 Å². The molecule has 0 spiro atoms. The fraction of sp³-hybridized carbons (Fsp3) is 0.706. The molecule has 0 radical (unpaired) electrons. The molecule has 0 saturated heterocycles. The Bertz CT molecular complexity index is 627. The van der Waals surface area contributed by atoms with Crippen LogP contribution in [0.15, 0.2) is 6.20 Å². The monoisotopic (exact) mass is 334 g/mol. The molecule has 1 aliphatic carbocycles. The van der Waals surface area contributed by atoms with E-state index in [1.807, 2.05) is 4.57 Å². The number of aromatic nitrogens is 2. The summed E-state index contributed by atoms with van der Waals surface area (Å²) < 4.78 is 2.01. The van der Waals surface area contributed by atoms with E-state index in [0.29, 0.717) is 31.0 Å². The van der Waals surface area contributed by atoms with Crippen LogP contribution in [-0.2, 0) is 11.3 Å². The van der Waals surface area contributed by atoms with Crippen molar-refractivity contribution in [3.8, 4) is 0 Å². The van der Waals surface area contributed by atoms with Gasteiger partial charge in [0.25, 0.3) is 5.91 Å². The summed E-state index contributed by atoms with van der Waals surface area (Å²) in [5, 5.41) is 15.9. The van der Waals surface area contributed by atoms with Crippen LogP contribution in [0.25, 0.3) is 0 Å². The number of aliphatic hydroxyl groups excluding tert-OH is 1. The first-order chi connectivity index (χ1) is 11.5. The molecule has 1 unspecified atom stereocenters. The van der Waals surface area contributed by atoms with Crippen molar-refractivity contribution in [1.82, 2.24) is 20.2 Å². The van der Waals surface area contributed by atoms with Gasteiger partial charge in [-0.2, -0.15) is 0 Å². The molecule has 132 valence electrons. The second kappa shape index (κ2) is 6.93. The summed E-state index contributed by atoms with van der Waals surface area (Å²) in [6.07, 6.45) is 4.54. The lowest BCUT2D eigenvalue weighted by molar-refractivity contribution is -0.119. The van der Waals surface area contributed by atoms with Gasteiger partial charge in [-0.25, -0.2) is 4.98 Å². The van der Waals surface area contributed by atoms with Crippen LogP contribution in [0.4, 0.5) is 0 Å². The van der Waals surface area contributed by atoms with Gasteiger partial charge in [0.1, 0.15) is 11.5 Å². The maximum atomic E-state index is 12.5. The van der Waals surface area contributed by atoms with E-state index in [9.17, 15) is 14.7 Å². The summed E-state index contributed by atoms with van der Waals surface area (Å²) in [6.45, 7) is 4.85. The Kier molecular flexibility index (Phi) is 4.89. The van der Waals surface area contributed by atoms with Crippen molar-refractivity contribution in [2.24, 2.45) is 5.92 Å². The Morgan fingerprint density at radius 1 is 1.42 bits per heavy atom. The summed E-state index contributed by atoms with van der Waals surface area (Å²) in [6, 6.07) is -0.0111. The molecule has 24 heavy (non-hydrogen) atoms. The zero-order valence-electron chi connectivity index (χ0n) is 14.3. The van der Waals surface area contributed by atoms with Gasteiger partial charge in [-0.15, -0.1) is 0 Å². The first kappa shape index (κ1) is 17.0. The average Bonchev–Trinajstić information content (AvgIpc) is 3.09. The number of rotatable bonds is 4. The largest absolute Gasteiger partial charge is 0.393 e. The second-order valence-electron chi connectivity index (χ2n) is 7.10. The van der Waals surface area contributed by atoms with Crippen LogP contribution >= 0.6 is 0 Å². The van der Waals surface area contributed by atoms with Gasteiger partial charge < -0.3 is 20.3 Å². The molecule has 7 nitrogen and oxygen atoms in total. The van der Waals surface area contributed by atoms with E-state index < -0.39 is 6.10 Å². The summed E-state index contributed by atoms with van der Waals surface area (Å²) in [4.78, 5) is 28.0. The van der Waals surface area contributed by atoms with Gasteiger partial charge in [-0.1, -0.05) is 6.92 Å². The lowest BCUT2D eigenvalue weighted by atomic mass is 10.0. The highest BCUT2D eigenvalue weighted by Gasteiger charge is 2.34. The molecular weight excluding hydrogens is 308 g/mol. The second-order valence-corrected chi connectivity index (χ2v) is 7.10. The van der Waals surface area contributed by atoms with Crippen LogP contribution in [0.1, 0.15) is 61.8 Å². The highest BCUT2D eigenvalue weighted by molar-refractivity contribution is 5.92. The molecule has 0 bridgehead atoms. The van der Waals surface area contributed by atoms with Crippen LogP contribution < -0.4 is 10.6 Å². The predicted molar refractivity (Wildman–Crippen MR) is 88.5 cm³/mol. The number of carbonyl (C=O) groups is 2. The SMILES string of the molecule is CC(=O)N[C@@H]1C[C@@H](CNC(=O)c2cnc3n2CCCC3C)[C@@H](O)C1. The van der Waals surface area contributed by atoms with Gasteiger partial charge >= 0.3 is 0 Å². The van der Waals surface area contributed by atoms with Crippen LogP contribution in [0.5, 0.6) is 0 Å². The Morgan fingerprint density at radius 3 is 2.96 bits per heavy atom. The molecule has 1 fully saturated rings. The number of aliphatic hydroxyl groups is 1. The standard InChI is InChI=1S/C17H26N4O3/c1-10-4-3-5-21-14(9-18-16(10)21)17(24)19-8-12-6-13(7-15(12)23)20-11(2)22/h9-10,12-13,15,23H,3-8H2,1-2H3,(H,19,24)(H,20,22)/t10?,12-,13+,15-/m0/s1. The minimum Gasteiger partial charge on any atom is -0.393 e. The van der Waals surface area contributed by atoms with Crippen LogP contribution in [0.3, 0.4) is 0 Å². The fourth-order valence-electron chi connectivity index (χ4n) is 3.93. The van der Waals surface area contributed by atoms with Crippen LogP contribution in [0, 0.1) is 5.92 Å². The zero-order chi connectivity index (χ0) is 17.3. The summed E-state index contributed by atoms with van der Waals surface area (Å²) >= 11 is 0. The Balaban J connectivity index is 1.57. The normalized spacial score (nSPS) is 29.1. The molecule has 2 heterocycles. The van der Waals surface area contributed by atoms with E-state index in [-0.39, 0.29) is 23.8 Å². The maximum absolute atomic E-state index is 12.5. The number of nitrogens with zero attached hydrogens (tertiary/aromatic N) is 2. The average molecular weight is 334 g/mol. The number of hydrogen-bond donors (Lipinski definition) is 3. The van der Waals surface area contributed by atoms with E-state index >= 15 is 0 Å². The van der Waals surface area contributed by atoms with Gasteiger partial charge in [0.15, 0.2) is 0 Å². The predicted octanol–water partition coefficient (Wildman–Crippen LogP) is 0.786. The minimum atomic E-state index is -0.499. The van der Waals surface area contributed by atoms with Crippen molar-refractivity contribution in [1.29, 1.82) is 0 Å². The smallest absolute Gasteiger partial charge is 0.269 e. The lowest BCUT2D eigenvalue weighted by Gasteiger charge is -2.22. The van der Waals surface area contributed by atoms with Gasteiger partial charge in [-0.05, 0) is 25.7 Å². The molecular formula is C17H26N4O3. The van der Waals surface area contributed by atoms with Crippen molar-refractivity contribution in [2.75, 3.05) is 6.54 Å². The molecule has 2 aliphatic rings. The minimum absolute atomic E-state index is 0.0111. The van der Waals surface area contributed by atoms with E-state index in [4.69, 9.17) is 0 Å². The van der Waals surface area contributed by atoms with E-state index in [2.05, 4.69) is 22.5 Å². The van der Waals surface area contributed by atoms with Crippen molar-refractivity contribution < 1.29 is 14.7 Å². The number of carbonyl (C=O) groups excluding carboxylic acids is 2. The summed E-state index contributed by atoms with van der Waals surface area (Å²) in [5.41, 5.74) is 0.599. The quantitative estimate of drug-likeness (QED) is 0.758. The summed E-state index contributed by atoms with van der Waals surface area (Å²) in [5.74, 6) is 1.11. The first-order valence-electron chi connectivity index (χ1n) is 8.74. The topological polar surface area (TPSA) is 96.3 Å². The molecule has 1 aromatic rings. The number of amides is 2. The van der Waals surface area contributed by atoms with Crippen molar-refractivity contribution >= 4 is 11.8 Å². The Morgan fingerprint density at radius 2 is 2.21 bits per heavy atom. The molecule has 3 rings (SSSR count). The Labute approximate surface area is 141 Å². The molecule has 1 saturated carbocycles. The maximum Gasteiger partial charge on any atom is 0.269 e. The lowest BCUT2D eigenvalue weighted by Crippen LogP contribution is -2.34. The highest BCUT2D eigenvalue weighted by atomic mass is 16.3. The van der Waals surface area contributed by atoms with Gasteiger partial charge in [0.05, 0.1) is 12.3 Å². The van der Waals surface area contributed by atoms with E-state index in [1.54, 1.807) is 6.20 Å². The number of nitrogens with one attached hydrogen (secondary N) is 2. The molecule has 1 aromatic heterocycles. The first-order valence-corrected chi connectivity index (χ1v) is 8.74. The van der Waals surface area contributed by atoms with Gasteiger partial charge in [0, 0.05) is 37.9 Å². The van der Waals surface area contributed by atoms with E-state index in [1.165, 1.54) is 6.92 Å².